The number of carbonyl (C=O) groups is 1. The van der Waals surface area contributed by atoms with Crippen molar-refractivity contribution in [2.45, 2.75) is 88.6 Å². The molecular formula is C26H39N3O15P2-2. The lowest BCUT2D eigenvalue weighted by atomic mass is 10.0. The first-order valence-electron chi connectivity index (χ1n) is 14.9. The average molecular weight is 696 g/mol. The third kappa shape index (κ3) is 11.2. The summed E-state index contributed by atoms with van der Waals surface area (Å²) in [6.45, 7) is -0.318. The van der Waals surface area contributed by atoms with Gasteiger partial charge in [-0.2, -0.15) is 0 Å². The molecule has 3 N–H and O–H groups in total. The molecule has 2 fully saturated rings. The maximum Gasteiger partial charge on any atom is 0.407 e. The van der Waals surface area contributed by atoms with Crippen LogP contribution in [0.15, 0.2) is 27.9 Å². The number of allylic oxidation sites excluding steroid dienone is 2. The predicted molar refractivity (Wildman–Crippen MR) is 153 cm³/mol. The molecule has 0 saturated carbocycles. The highest BCUT2D eigenvalue weighted by atomic mass is 31.2. The van der Waals surface area contributed by atoms with Crippen LogP contribution >= 0.6 is 15.6 Å². The summed E-state index contributed by atoms with van der Waals surface area (Å²) in [5, 5.41) is 12.8. The van der Waals surface area contributed by atoms with Crippen LogP contribution in [0, 0.1) is 6.92 Å². The van der Waals surface area contributed by atoms with E-state index >= 15 is 0 Å². The van der Waals surface area contributed by atoms with E-state index in [9.17, 15) is 38.4 Å². The van der Waals surface area contributed by atoms with Crippen LogP contribution in [-0.4, -0.2) is 84.2 Å². The number of amides is 1. The Kier molecular flexibility index (Phi) is 13.3. The number of H-pyrrole nitrogens is 1. The lowest BCUT2D eigenvalue weighted by Crippen LogP contribution is -2.34. The number of nitrogens with one attached hydrogen (secondary N) is 2. The highest BCUT2D eigenvalue weighted by Crippen LogP contribution is 2.45. The van der Waals surface area contributed by atoms with Crippen molar-refractivity contribution >= 4 is 21.7 Å². The average Bonchev–Trinajstić information content (AvgIpc) is 3.57. The normalized spacial score (nSPS) is 30.1. The van der Waals surface area contributed by atoms with Gasteiger partial charge in [-0.05, 0) is 39.0 Å². The Hall–Kier alpha value is -2.21. The molecule has 0 bridgehead atoms. The van der Waals surface area contributed by atoms with Gasteiger partial charge in [0.2, 0.25) is 0 Å². The number of aromatic amines is 1. The van der Waals surface area contributed by atoms with Gasteiger partial charge in [-0.25, -0.2) is 9.59 Å². The first-order valence-corrected chi connectivity index (χ1v) is 17.8. The molecule has 1 aliphatic carbocycles. The number of hydrogen-bond donors (Lipinski definition) is 3. The molecule has 2 aliphatic heterocycles. The Morgan fingerprint density at radius 3 is 2.63 bits per heavy atom. The van der Waals surface area contributed by atoms with Gasteiger partial charge in [-0.15, -0.1) is 0 Å². The summed E-state index contributed by atoms with van der Waals surface area (Å²) in [6, 6.07) is 0. The molecule has 3 aliphatic rings. The Bertz CT molecular complexity index is 1420. The maximum absolute atomic E-state index is 12.5. The first kappa shape index (κ1) is 36.6. The van der Waals surface area contributed by atoms with Gasteiger partial charge in [-0.1, -0.05) is 12.2 Å². The van der Waals surface area contributed by atoms with Crippen molar-refractivity contribution < 1.29 is 61.1 Å². The number of ether oxygens (including phenoxy) is 3. The second-order valence-electron chi connectivity index (χ2n) is 11.0. The van der Waals surface area contributed by atoms with E-state index in [4.69, 9.17) is 32.3 Å². The molecular weight excluding hydrogens is 656 g/mol. The van der Waals surface area contributed by atoms with Crippen molar-refractivity contribution in [3.8, 4) is 0 Å². The van der Waals surface area contributed by atoms with Gasteiger partial charge in [0.25, 0.3) is 21.2 Å². The van der Waals surface area contributed by atoms with Crippen molar-refractivity contribution in [3.05, 3.63) is 44.8 Å². The molecule has 0 aromatic carbocycles. The number of alkyl carbamates (subject to hydrolysis) is 1. The molecule has 8 atom stereocenters. The van der Waals surface area contributed by atoms with Gasteiger partial charge in [-0.3, -0.25) is 23.5 Å². The van der Waals surface area contributed by atoms with Crippen LogP contribution in [0.5, 0.6) is 0 Å². The van der Waals surface area contributed by atoms with Crippen LogP contribution in [0.4, 0.5) is 4.79 Å². The van der Waals surface area contributed by atoms with E-state index in [1.807, 2.05) is 6.08 Å². The second-order valence-corrected chi connectivity index (χ2v) is 13.8. The summed E-state index contributed by atoms with van der Waals surface area (Å²) in [5.41, 5.74) is -1.09. The predicted octanol–water partition coefficient (Wildman–Crippen LogP) is 0.269. The van der Waals surface area contributed by atoms with Crippen LogP contribution in [0.25, 0.3) is 0 Å². The summed E-state index contributed by atoms with van der Waals surface area (Å²) in [4.78, 5) is 62.6. The number of aliphatic hydroxyl groups is 1. The Morgan fingerprint density at radius 2 is 1.83 bits per heavy atom. The number of aromatic nitrogens is 2. The van der Waals surface area contributed by atoms with Gasteiger partial charge in [0.15, 0.2) is 0 Å². The van der Waals surface area contributed by atoms with Gasteiger partial charge < -0.3 is 52.5 Å². The zero-order chi connectivity index (χ0) is 33.3. The topological polar surface area (TPSA) is 249 Å². The van der Waals surface area contributed by atoms with Crippen LogP contribution in [0.3, 0.4) is 0 Å². The Balaban J connectivity index is 1.16. The zero-order valence-corrected chi connectivity index (χ0v) is 27.0. The summed E-state index contributed by atoms with van der Waals surface area (Å²) in [6.07, 6.45) is 3.00. The quantitative estimate of drug-likeness (QED) is 0.134. The molecule has 3 heterocycles. The largest absolute Gasteiger partial charge is 0.756 e. The Labute approximate surface area is 264 Å². The van der Waals surface area contributed by atoms with Crippen molar-refractivity contribution in [3.63, 3.8) is 0 Å². The molecule has 5 unspecified atom stereocenters. The van der Waals surface area contributed by atoms with Crippen LogP contribution < -0.4 is 26.4 Å². The minimum atomic E-state index is -5.01. The zero-order valence-electron chi connectivity index (χ0n) is 25.2. The molecule has 46 heavy (non-hydrogen) atoms. The van der Waals surface area contributed by atoms with E-state index in [0.717, 1.165) is 30.3 Å². The van der Waals surface area contributed by atoms with Crippen molar-refractivity contribution in [2.75, 3.05) is 33.0 Å². The smallest absolute Gasteiger partial charge is 0.407 e. The number of aliphatic hydroxyl groups excluding tert-OH is 1. The SMILES string of the molecule is Cc1cn([C@H]2CC(O)[C@@H](COP(=O)([O-])OC3CCO[C@@H]3COP(=O)([O-])OCCNC(=O)OC3CC/C=C/CCC3)O2)c(=O)[nH]c1=O. The molecule has 1 amide bonds. The molecule has 20 heteroatoms. The van der Waals surface area contributed by atoms with E-state index in [1.54, 1.807) is 0 Å². The van der Waals surface area contributed by atoms with Crippen molar-refractivity contribution in [1.82, 2.24) is 14.9 Å². The number of phosphoric ester groups is 2. The fourth-order valence-electron chi connectivity index (χ4n) is 5.05. The lowest BCUT2D eigenvalue weighted by molar-refractivity contribution is -0.235. The molecule has 1 aromatic rings. The third-order valence-corrected chi connectivity index (χ3v) is 9.44. The fraction of sp³-hybridized carbons (Fsp3) is 0.731. The molecule has 0 spiro atoms. The number of carbonyl (C=O) groups excluding carboxylic acids is 1. The number of aryl methyl sites for hydroxylation is 1. The second kappa shape index (κ2) is 16.8. The highest BCUT2D eigenvalue weighted by molar-refractivity contribution is 7.46. The van der Waals surface area contributed by atoms with Gasteiger partial charge >= 0.3 is 11.8 Å². The van der Waals surface area contributed by atoms with E-state index in [1.165, 1.54) is 13.1 Å². The molecule has 0 radical (unpaired) electrons. The maximum atomic E-state index is 12.5. The monoisotopic (exact) mass is 695 g/mol. The van der Waals surface area contributed by atoms with Crippen LogP contribution in [0.1, 0.15) is 56.7 Å². The number of nitrogens with zero attached hydrogens (tertiary/aromatic N) is 1. The minimum absolute atomic E-state index is 0.0471. The summed E-state index contributed by atoms with van der Waals surface area (Å²) < 4.78 is 61.7. The van der Waals surface area contributed by atoms with Gasteiger partial charge in [0.1, 0.15) is 24.5 Å². The van der Waals surface area contributed by atoms with Crippen LogP contribution in [0.2, 0.25) is 0 Å². The summed E-state index contributed by atoms with van der Waals surface area (Å²) in [5.74, 6) is 0. The lowest BCUT2D eigenvalue weighted by Gasteiger charge is -2.30. The number of hydrogen-bond acceptors (Lipinski definition) is 15. The van der Waals surface area contributed by atoms with E-state index in [2.05, 4.69) is 16.4 Å². The molecule has 18 nitrogen and oxygen atoms in total. The number of rotatable bonds is 14. The summed E-state index contributed by atoms with van der Waals surface area (Å²) >= 11 is 0. The molecule has 260 valence electrons. The fourth-order valence-corrected chi connectivity index (χ4v) is 6.73. The molecule has 2 saturated heterocycles. The minimum Gasteiger partial charge on any atom is -0.756 e. The van der Waals surface area contributed by atoms with Gasteiger partial charge in [0, 0.05) is 37.8 Å². The van der Waals surface area contributed by atoms with Crippen molar-refractivity contribution in [2.24, 2.45) is 0 Å². The summed E-state index contributed by atoms with van der Waals surface area (Å²) in [7, 11) is -9.87. The third-order valence-electron chi connectivity index (χ3n) is 7.48. The highest BCUT2D eigenvalue weighted by Gasteiger charge is 2.38. The molecule has 1 aromatic heterocycles. The van der Waals surface area contributed by atoms with Crippen molar-refractivity contribution in [1.29, 1.82) is 0 Å². The van der Waals surface area contributed by atoms with E-state index in [0.29, 0.717) is 6.42 Å². The number of phosphoric acid groups is 2. The van der Waals surface area contributed by atoms with E-state index < -0.39 is 83.5 Å². The Morgan fingerprint density at radius 1 is 1.09 bits per heavy atom. The molecule has 4 rings (SSSR count). The first-order chi connectivity index (χ1) is 21.8. The van der Waals surface area contributed by atoms with E-state index in [-0.39, 0.29) is 37.7 Å². The standard InChI is InChI=1S/C26H41N3O15P2/c1-17-14-29(25(32)28-24(17)31)23-13-19(30)21(43-23)15-41-46(36,37)44-20-9-11-38-22(20)16-40-45(34,35)39-12-10-27-26(33)42-18-7-5-3-2-4-6-8-18/h2-3,14,18-23,30H,4-13,15-16H2,1H3,(H,27,33)(H,34,35)(H,36,37)(H,28,31,32)/p-2/b3-2+/t18?,19?,20?,21-,22-,23-/m1/s1. The van der Waals surface area contributed by atoms with Gasteiger partial charge in [0.05, 0.1) is 32.0 Å². The van der Waals surface area contributed by atoms with Crippen LogP contribution in [-0.2, 0) is 41.4 Å².